The van der Waals surface area contributed by atoms with Gasteiger partial charge in [-0.15, -0.1) is 0 Å². The summed E-state index contributed by atoms with van der Waals surface area (Å²) in [5.74, 6) is -1.69. The highest BCUT2D eigenvalue weighted by Gasteiger charge is 2.30. The van der Waals surface area contributed by atoms with Crippen molar-refractivity contribution in [1.82, 2.24) is 14.9 Å². The minimum Gasteiger partial charge on any atom is -0.390 e. The molecule has 0 aliphatic heterocycles. The van der Waals surface area contributed by atoms with Crippen molar-refractivity contribution in [2.24, 2.45) is 15.5 Å². The molecule has 9 nitrogen and oxygen atoms in total. The second-order valence-electron chi connectivity index (χ2n) is 5.19. The third kappa shape index (κ3) is 4.98. The van der Waals surface area contributed by atoms with E-state index in [-0.39, 0.29) is 18.4 Å². The fourth-order valence-electron chi connectivity index (χ4n) is 1.15. The number of halogens is 1. The quantitative estimate of drug-likeness (QED) is 0.199. The van der Waals surface area contributed by atoms with Gasteiger partial charge in [-0.2, -0.15) is 4.98 Å². The maximum Gasteiger partial charge on any atom is 0.326 e. The Morgan fingerprint density at radius 2 is 2.27 bits per heavy atom. The highest BCUT2D eigenvalue weighted by molar-refractivity contribution is 5.78. The number of aliphatic imine (C=N–C) groups is 1. The van der Waals surface area contributed by atoms with E-state index in [0.717, 1.165) is 6.20 Å². The molecule has 0 aromatic carbocycles. The molecule has 1 aromatic heterocycles. The van der Waals surface area contributed by atoms with Crippen molar-refractivity contribution < 1.29 is 13.9 Å². The van der Waals surface area contributed by atoms with Crippen LogP contribution in [0.15, 0.2) is 16.3 Å². The van der Waals surface area contributed by atoms with E-state index in [0.29, 0.717) is 0 Å². The van der Waals surface area contributed by atoms with Gasteiger partial charge in [0.2, 0.25) is 0 Å². The van der Waals surface area contributed by atoms with E-state index in [1.807, 2.05) is 0 Å². The van der Waals surface area contributed by atoms with E-state index in [2.05, 4.69) is 25.0 Å². The first-order valence-corrected chi connectivity index (χ1v) is 6.22. The van der Waals surface area contributed by atoms with Crippen LogP contribution in [-0.2, 0) is 4.79 Å². The molecule has 0 amide bonds. The fraction of sp³-hybridized carbons (Fsp3) is 0.500. The Balaban J connectivity index is 2.92. The van der Waals surface area contributed by atoms with Crippen molar-refractivity contribution in [3.05, 3.63) is 22.5 Å². The molecule has 0 fully saturated rings. The van der Waals surface area contributed by atoms with E-state index in [4.69, 9.17) is 10.3 Å². The first-order valence-electron chi connectivity index (χ1n) is 6.22. The number of nitrogens with zero attached hydrogens (tertiary/aromatic N) is 7. The summed E-state index contributed by atoms with van der Waals surface area (Å²) in [6.45, 7) is 2.99. The molecule has 0 spiro atoms. The Hall–Kier alpha value is -2.74. The second-order valence-corrected chi connectivity index (χ2v) is 5.19. The standard InChI is InChI=1S/C12H16FN7O2/c1-12(2,6-17-19-14)10(21)22-11-15-5-8(13)9(18-11)16-7-20(3)4/h5,7H,6H2,1-4H3. The number of esters is 1. The van der Waals surface area contributed by atoms with Crippen molar-refractivity contribution in [3.8, 4) is 6.01 Å². The molecule has 0 radical (unpaired) electrons. The van der Waals surface area contributed by atoms with Gasteiger partial charge in [0.25, 0.3) is 0 Å². The number of hydrogen-bond acceptors (Lipinski definition) is 6. The fourth-order valence-corrected chi connectivity index (χ4v) is 1.15. The summed E-state index contributed by atoms with van der Waals surface area (Å²) < 4.78 is 18.5. The molecule has 10 heteroatoms. The number of carbonyl (C=O) groups excluding carboxylic acids is 1. The van der Waals surface area contributed by atoms with Crippen LogP contribution in [-0.4, -0.2) is 47.8 Å². The van der Waals surface area contributed by atoms with E-state index in [9.17, 15) is 9.18 Å². The SMILES string of the molecule is CN(C)C=Nc1nc(OC(=O)C(C)(C)CN=[N+]=[N-])ncc1F. The van der Waals surface area contributed by atoms with Crippen LogP contribution in [0.3, 0.4) is 0 Å². The third-order valence-corrected chi connectivity index (χ3v) is 2.38. The number of azide groups is 1. The predicted octanol–water partition coefficient (Wildman–Crippen LogP) is 2.08. The average Bonchev–Trinajstić information content (AvgIpc) is 2.45. The van der Waals surface area contributed by atoms with Gasteiger partial charge in [-0.3, -0.25) is 4.79 Å². The molecule has 0 saturated heterocycles. The number of rotatable bonds is 6. The largest absolute Gasteiger partial charge is 0.390 e. The Morgan fingerprint density at radius 1 is 1.59 bits per heavy atom. The highest BCUT2D eigenvalue weighted by atomic mass is 19.1. The van der Waals surface area contributed by atoms with Crippen molar-refractivity contribution in [2.45, 2.75) is 13.8 Å². The summed E-state index contributed by atoms with van der Waals surface area (Å²) >= 11 is 0. The molecule has 1 rings (SSSR count). The van der Waals surface area contributed by atoms with Gasteiger partial charge >= 0.3 is 12.0 Å². The Labute approximate surface area is 126 Å². The van der Waals surface area contributed by atoms with E-state index in [1.54, 1.807) is 32.8 Å². The lowest BCUT2D eigenvalue weighted by atomic mass is 9.94. The molecular weight excluding hydrogens is 293 g/mol. The first kappa shape index (κ1) is 17.3. The van der Waals surface area contributed by atoms with Gasteiger partial charge in [-0.25, -0.2) is 14.4 Å². The van der Waals surface area contributed by atoms with Crippen molar-refractivity contribution in [3.63, 3.8) is 0 Å². The van der Waals surface area contributed by atoms with Gasteiger partial charge in [0.15, 0.2) is 11.6 Å². The molecule has 22 heavy (non-hydrogen) atoms. The van der Waals surface area contributed by atoms with Crippen molar-refractivity contribution in [1.29, 1.82) is 0 Å². The second kappa shape index (κ2) is 7.32. The highest BCUT2D eigenvalue weighted by Crippen LogP contribution is 2.21. The van der Waals surface area contributed by atoms with Crippen LogP contribution < -0.4 is 4.74 Å². The normalized spacial score (nSPS) is 11.1. The van der Waals surface area contributed by atoms with Crippen LogP contribution in [0.5, 0.6) is 6.01 Å². The smallest absolute Gasteiger partial charge is 0.326 e. The Kier molecular flexibility index (Phi) is 5.76. The minimum absolute atomic E-state index is 0.0881. The summed E-state index contributed by atoms with van der Waals surface area (Å²) in [4.78, 5) is 27.3. The lowest BCUT2D eigenvalue weighted by Crippen LogP contribution is -2.32. The van der Waals surface area contributed by atoms with E-state index >= 15 is 0 Å². The summed E-state index contributed by atoms with van der Waals surface area (Å²) in [5.41, 5.74) is 7.23. The maximum atomic E-state index is 13.5. The molecule has 0 saturated carbocycles. The molecule has 0 atom stereocenters. The Bertz CT molecular complexity index is 624. The Morgan fingerprint density at radius 3 is 2.86 bits per heavy atom. The van der Waals surface area contributed by atoms with Crippen LogP contribution >= 0.6 is 0 Å². The average molecular weight is 309 g/mol. The number of aromatic nitrogens is 2. The molecule has 0 aliphatic carbocycles. The van der Waals surface area contributed by atoms with Gasteiger partial charge in [-0.05, 0) is 19.4 Å². The van der Waals surface area contributed by atoms with Crippen LogP contribution in [0.1, 0.15) is 13.8 Å². The van der Waals surface area contributed by atoms with Gasteiger partial charge in [-0.1, -0.05) is 5.11 Å². The first-order chi connectivity index (χ1) is 10.3. The van der Waals surface area contributed by atoms with Gasteiger partial charge < -0.3 is 9.64 Å². The minimum atomic E-state index is -1.06. The number of carbonyl (C=O) groups is 1. The monoisotopic (exact) mass is 309 g/mol. The lowest BCUT2D eigenvalue weighted by molar-refractivity contribution is -0.144. The van der Waals surface area contributed by atoms with Crippen molar-refractivity contribution >= 4 is 18.1 Å². The molecule has 1 aromatic rings. The maximum absolute atomic E-state index is 13.5. The van der Waals surface area contributed by atoms with Crippen molar-refractivity contribution in [2.75, 3.05) is 20.6 Å². The van der Waals surface area contributed by atoms with Crippen LogP contribution in [0.25, 0.3) is 10.4 Å². The van der Waals surface area contributed by atoms with E-state index in [1.165, 1.54) is 6.34 Å². The van der Waals surface area contributed by atoms with Gasteiger partial charge in [0.05, 0.1) is 18.0 Å². The molecule has 0 aliphatic rings. The van der Waals surface area contributed by atoms with Crippen LogP contribution in [0, 0.1) is 11.2 Å². The lowest BCUT2D eigenvalue weighted by Gasteiger charge is -2.18. The summed E-state index contributed by atoms with van der Waals surface area (Å²) in [6, 6.07) is -0.327. The van der Waals surface area contributed by atoms with Gasteiger partial charge in [0, 0.05) is 25.6 Å². The summed E-state index contributed by atoms with van der Waals surface area (Å²) in [7, 11) is 3.42. The van der Waals surface area contributed by atoms with Gasteiger partial charge in [0.1, 0.15) is 0 Å². The number of hydrogen-bond donors (Lipinski definition) is 0. The molecule has 1 heterocycles. The molecular formula is C12H16FN7O2. The topological polar surface area (TPSA) is 116 Å². The third-order valence-electron chi connectivity index (χ3n) is 2.38. The summed E-state index contributed by atoms with van der Waals surface area (Å²) in [5, 5.41) is 3.34. The summed E-state index contributed by atoms with van der Waals surface area (Å²) in [6.07, 6.45) is 2.21. The van der Waals surface area contributed by atoms with Crippen LogP contribution in [0.2, 0.25) is 0 Å². The zero-order valence-electron chi connectivity index (χ0n) is 12.7. The van der Waals surface area contributed by atoms with Crippen LogP contribution in [0.4, 0.5) is 10.2 Å². The van der Waals surface area contributed by atoms with E-state index < -0.39 is 17.2 Å². The predicted molar refractivity (Wildman–Crippen MR) is 77.3 cm³/mol. The molecule has 118 valence electrons. The molecule has 0 unspecified atom stereocenters. The molecule has 0 bridgehead atoms. The zero-order chi connectivity index (χ0) is 16.8. The number of ether oxygens (including phenoxy) is 1. The zero-order valence-corrected chi connectivity index (χ0v) is 12.7. The molecule has 0 N–H and O–H groups in total.